The van der Waals surface area contributed by atoms with Crippen LogP contribution in [0.1, 0.15) is 75.4 Å². The highest BCUT2D eigenvalue weighted by atomic mass is 32.2. The fourth-order valence-electron chi connectivity index (χ4n) is 5.66. The van der Waals surface area contributed by atoms with E-state index in [9.17, 15) is 26.4 Å². The van der Waals surface area contributed by atoms with Crippen molar-refractivity contribution in [2.24, 2.45) is 17.6 Å². The summed E-state index contributed by atoms with van der Waals surface area (Å²) in [5.41, 5.74) is 6.83. The quantitative estimate of drug-likeness (QED) is 0.250. The number of likely N-dealkylation sites (tertiary alicyclic amines) is 1. The number of halogens is 3. The minimum Gasteiger partial charge on any atom is -0.493 e. The molecule has 0 bridgehead atoms. The average Bonchev–Trinajstić information content (AvgIpc) is 3.68. The van der Waals surface area contributed by atoms with Crippen molar-refractivity contribution in [2.45, 2.75) is 76.2 Å². The van der Waals surface area contributed by atoms with Crippen LogP contribution in [0.25, 0.3) is 0 Å². The third-order valence-corrected chi connectivity index (χ3v) is 9.65. The van der Waals surface area contributed by atoms with Crippen molar-refractivity contribution in [3.63, 3.8) is 0 Å². The van der Waals surface area contributed by atoms with E-state index in [1.165, 1.54) is 24.3 Å². The van der Waals surface area contributed by atoms with Gasteiger partial charge in [0.25, 0.3) is 16.0 Å². The van der Waals surface area contributed by atoms with E-state index in [0.29, 0.717) is 30.2 Å². The Labute approximate surface area is 279 Å². The van der Waals surface area contributed by atoms with Gasteiger partial charge >= 0.3 is 6.01 Å². The number of amides is 1. The molecular weight excluding hydrogens is 651 g/mol. The lowest BCUT2D eigenvalue weighted by Gasteiger charge is -2.33. The minimum atomic E-state index is -4.02. The van der Waals surface area contributed by atoms with E-state index in [1.807, 2.05) is 20.8 Å². The first kappa shape index (κ1) is 37.1. The van der Waals surface area contributed by atoms with E-state index < -0.39 is 46.8 Å². The summed E-state index contributed by atoms with van der Waals surface area (Å²) in [7, 11) is -4.02. The molecule has 264 valence electrons. The van der Waals surface area contributed by atoms with Gasteiger partial charge in [0.1, 0.15) is 17.6 Å². The molecule has 0 spiro atoms. The van der Waals surface area contributed by atoms with E-state index in [1.54, 1.807) is 18.2 Å². The Bertz CT molecular complexity index is 1630. The number of benzene rings is 2. The van der Waals surface area contributed by atoms with Crippen LogP contribution >= 0.6 is 0 Å². The number of aromatic nitrogens is 2. The van der Waals surface area contributed by atoms with Gasteiger partial charge in [-0.1, -0.05) is 49.7 Å². The fraction of sp³-hybridized carbons (Fsp3) is 0.545. The predicted molar refractivity (Wildman–Crippen MR) is 173 cm³/mol. The van der Waals surface area contributed by atoms with E-state index in [2.05, 4.69) is 22.0 Å². The summed E-state index contributed by atoms with van der Waals surface area (Å²) in [5, 5.41) is 4.04. The highest BCUT2D eigenvalue weighted by Gasteiger charge is 2.41. The Hall–Kier alpha value is -3.69. The van der Waals surface area contributed by atoms with Crippen molar-refractivity contribution in [2.75, 3.05) is 37.7 Å². The summed E-state index contributed by atoms with van der Waals surface area (Å²) in [6, 6.07) is 9.38. The number of aryl methyl sites for hydroxylation is 1. The van der Waals surface area contributed by atoms with Gasteiger partial charge in [-0.3, -0.25) is 9.35 Å². The highest BCUT2D eigenvalue weighted by Crippen LogP contribution is 2.31. The summed E-state index contributed by atoms with van der Waals surface area (Å²) in [6.07, 6.45) is 2.43. The van der Waals surface area contributed by atoms with Crippen molar-refractivity contribution in [1.82, 2.24) is 15.0 Å². The van der Waals surface area contributed by atoms with Gasteiger partial charge in [0.2, 0.25) is 5.91 Å². The van der Waals surface area contributed by atoms with Crippen molar-refractivity contribution >= 4 is 22.0 Å². The molecule has 2 aliphatic rings. The van der Waals surface area contributed by atoms with Crippen LogP contribution in [0.5, 0.6) is 5.75 Å². The summed E-state index contributed by atoms with van der Waals surface area (Å²) >= 11 is 0. The maximum Gasteiger partial charge on any atom is 0.324 e. The van der Waals surface area contributed by atoms with E-state index in [4.69, 9.17) is 19.5 Å². The number of ether oxygens (including phenoxy) is 1. The van der Waals surface area contributed by atoms with Crippen molar-refractivity contribution < 1.29 is 40.2 Å². The molecule has 3 N–H and O–H groups in total. The Morgan fingerprint density at radius 3 is 2.33 bits per heavy atom. The Morgan fingerprint density at radius 2 is 1.79 bits per heavy atom. The molecule has 3 aromatic rings. The highest BCUT2D eigenvalue weighted by molar-refractivity contribution is 7.85. The SMILES string of the molecule is CC(C)c1noc(N2CCC(C(C)CCOc3ccc(C(N)C(=O)N4CCC(F)(F)C4)c(F)c3)CC2)n1.Cc1ccc(S(=O)(=O)O)cc1. The fourth-order valence-corrected chi connectivity index (χ4v) is 6.14. The van der Waals surface area contributed by atoms with Crippen molar-refractivity contribution in [1.29, 1.82) is 0 Å². The van der Waals surface area contributed by atoms with Gasteiger partial charge in [0, 0.05) is 43.6 Å². The summed E-state index contributed by atoms with van der Waals surface area (Å²) in [4.78, 5) is 20.0. The van der Waals surface area contributed by atoms with E-state index >= 15 is 0 Å². The second kappa shape index (κ2) is 15.7. The molecule has 2 saturated heterocycles. The molecule has 11 nitrogen and oxygen atoms in total. The second-order valence-corrected chi connectivity index (χ2v) is 14.3. The number of anilines is 1. The lowest BCUT2D eigenvalue weighted by atomic mass is 9.84. The summed E-state index contributed by atoms with van der Waals surface area (Å²) in [6.45, 7) is 9.47. The Kier molecular flexibility index (Phi) is 12.1. The van der Waals surface area contributed by atoms with Gasteiger partial charge in [-0.15, -0.1) is 0 Å². The molecule has 0 saturated carbocycles. The van der Waals surface area contributed by atoms with Crippen LogP contribution in [0.3, 0.4) is 0 Å². The van der Waals surface area contributed by atoms with Gasteiger partial charge in [-0.05, 0) is 56.2 Å². The molecule has 0 radical (unpaired) electrons. The maximum atomic E-state index is 14.7. The molecule has 1 amide bonds. The number of hydrogen-bond donors (Lipinski definition) is 2. The first-order valence-electron chi connectivity index (χ1n) is 16.0. The van der Waals surface area contributed by atoms with Gasteiger partial charge in [0.15, 0.2) is 5.82 Å². The van der Waals surface area contributed by atoms with Crippen LogP contribution in [0.15, 0.2) is 51.9 Å². The predicted octanol–water partition coefficient (Wildman–Crippen LogP) is 5.76. The van der Waals surface area contributed by atoms with Crippen molar-refractivity contribution in [3.05, 3.63) is 65.2 Å². The van der Waals surface area contributed by atoms with Crippen LogP contribution in [-0.2, 0) is 14.9 Å². The smallest absolute Gasteiger partial charge is 0.324 e. The Balaban J connectivity index is 0.000000401. The maximum absolute atomic E-state index is 14.7. The molecule has 2 aromatic carbocycles. The molecule has 2 aliphatic heterocycles. The topological polar surface area (TPSA) is 152 Å². The van der Waals surface area contributed by atoms with Gasteiger partial charge < -0.3 is 24.8 Å². The number of piperidine rings is 1. The monoisotopic (exact) mass is 695 g/mol. The summed E-state index contributed by atoms with van der Waals surface area (Å²) in [5.74, 6) is -2.07. The molecule has 3 heterocycles. The molecule has 5 rings (SSSR count). The zero-order chi connectivity index (χ0) is 35.2. The Morgan fingerprint density at radius 1 is 1.12 bits per heavy atom. The number of nitrogens with zero attached hydrogens (tertiary/aromatic N) is 4. The van der Waals surface area contributed by atoms with Crippen molar-refractivity contribution in [3.8, 4) is 5.75 Å². The molecule has 48 heavy (non-hydrogen) atoms. The minimum absolute atomic E-state index is 0.0329. The standard InChI is InChI=1S/C26H36F3N5O3.C7H8O3S/c1-16(2)23-31-25(37-32-23)33-10-6-18(7-11-33)17(3)8-13-36-19-4-5-20(21(27)14-19)22(30)24(35)34-12-9-26(28,29)15-34;1-6-2-4-7(5-3-6)11(8,9)10/h4-5,14,16-18,22H,6-13,15,30H2,1-3H3;2-5H,1H3,(H,8,9,10). The lowest BCUT2D eigenvalue weighted by Crippen LogP contribution is -2.38. The zero-order valence-corrected chi connectivity index (χ0v) is 28.4. The number of nitrogens with two attached hydrogens (primary N) is 1. The third-order valence-electron chi connectivity index (χ3n) is 8.78. The number of hydrogen-bond acceptors (Lipinski definition) is 9. The third kappa shape index (κ3) is 9.92. The zero-order valence-electron chi connectivity index (χ0n) is 27.6. The molecule has 2 fully saturated rings. The summed E-state index contributed by atoms with van der Waals surface area (Å²) < 4.78 is 82.3. The second-order valence-electron chi connectivity index (χ2n) is 12.8. The molecule has 0 aliphatic carbocycles. The molecule has 2 atom stereocenters. The van der Waals surface area contributed by atoms with Crippen LogP contribution < -0.4 is 15.4 Å². The first-order chi connectivity index (χ1) is 22.5. The van der Waals surface area contributed by atoms with Crippen LogP contribution in [-0.4, -0.2) is 72.6 Å². The number of carbonyl (C=O) groups is 1. The number of alkyl halides is 2. The molecule has 1 aromatic heterocycles. The first-order valence-corrected chi connectivity index (χ1v) is 17.4. The van der Waals surface area contributed by atoms with Crippen LogP contribution in [0, 0.1) is 24.6 Å². The van der Waals surface area contributed by atoms with Crippen LogP contribution in [0.4, 0.5) is 19.2 Å². The molecule has 15 heteroatoms. The van der Waals surface area contributed by atoms with Crippen LogP contribution in [0.2, 0.25) is 0 Å². The van der Waals surface area contributed by atoms with E-state index in [0.717, 1.165) is 48.6 Å². The lowest BCUT2D eigenvalue weighted by molar-refractivity contribution is -0.133. The number of carbonyl (C=O) groups excluding carboxylic acids is 1. The van der Waals surface area contributed by atoms with E-state index in [-0.39, 0.29) is 22.9 Å². The van der Waals surface area contributed by atoms with Gasteiger partial charge in [0.05, 0.1) is 18.0 Å². The van der Waals surface area contributed by atoms with Gasteiger partial charge in [-0.25, -0.2) is 13.2 Å². The van der Waals surface area contributed by atoms with Gasteiger partial charge in [-0.2, -0.15) is 13.4 Å². The average molecular weight is 696 g/mol. The molecule has 2 unspecified atom stereocenters. The molecular formula is C33H44F3N5O6S. The number of rotatable bonds is 10. The normalized spacial score (nSPS) is 18.0. The largest absolute Gasteiger partial charge is 0.493 e.